The van der Waals surface area contributed by atoms with Crippen LogP contribution in [0, 0.1) is 0 Å². The summed E-state index contributed by atoms with van der Waals surface area (Å²) in [6.07, 6.45) is 2.41. The Balaban J connectivity index is 1.64. The van der Waals surface area contributed by atoms with Crippen molar-refractivity contribution in [1.29, 1.82) is 0 Å². The molecule has 1 amide bonds. The third-order valence-electron chi connectivity index (χ3n) is 5.01. The molecule has 3 N–H and O–H groups in total. The van der Waals surface area contributed by atoms with E-state index in [0.717, 1.165) is 24.6 Å². The number of nitrogens with zero attached hydrogens (tertiary/aromatic N) is 1. The number of hydrogen-bond donors (Lipinski definition) is 3. The van der Waals surface area contributed by atoms with Crippen LogP contribution in [-0.4, -0.2) is 32.0 Å². The summed E-state index contributed by atoms with van der Waals surface area (Å²) in [5, 5.41) is 9.47. The highest BCUT2D eigenvalue weighted by atomic mass is 16.1. The molecule has 0 atom stereocenters. The van der Waals surface area contributed by atoms with Gasteiger partial charge in [-0.2, -0.15) is 0 Å². The minimum absolute atomic E-state index is 0.0793. The van der Waals surface area contributed by atoms with Crippen LogP contribution in [0.3, 0.4) is 0 Å². The third-order valence-corrected chi connectivity index (χ3v) is 5.01. The molecular formula is C22H28N4O. The fraction of sp³-hybridized carbons (Fsp3) is 0.364. The molecule has 5 nitrogen and oxygen atoms in total. The maximum atomic E-state index is 11.8. The molecule has 5 heteroatoms. The molecule has 0 aromatic heterocycles. The summed E-state index contributed by atoms with van der Waals surface area (Å²) in [7, 11) is 1.64. The van der Waals surface area contributed by atoms with Gasteiger partial charge in [-0.1, -0.05) is 42.5 Å². The predicted molar refractivity (Wildman–Crippen MR) is 110 cm³/mol. The molecule has 0 bridgehead atoms. The van der Waals surface area contributed by atoms with Crippen LogP contribution in [0.1, 0.15) is 41.3 Å². The van der Waals surface area contributed by atoms with Crippen molar-refractivity contribution in [2.24, 2.45) is 4.99 Å². The lowest BCUT2D eigenvalue weighted by atomic mass is 9.96. The highest BCUT2D eigenvalue weighted by Crippen LogP contribution is 2.47. The molecular weight excluding hydrogens is 336 g/mol. The summed E-state index contributed by atoms with van der Waals surface area (Å²) in [4.78, 5) is 16.5. The van der Waals surface area contributed by atoms with Crippen molar-refractivity contribution >= 4 is 11.9 Å². The van der Waals surface area contributed by atoms with E-state index in [2.05, 4.69) is 53.2 Å². The number of guanidine groups is 1. The van der Waals surface area contributed by atoms with Gasteiger partial charge >= 0.3 is 0 Å². The van der Waals surface area contributed by atoms with Gasteiger partial charge in [-0.15, -0.1) is 0 Å². The summed E-state index contributed by atoms with van der Waals surface area (Å²) < 4.78 is 0. The lowest BCUT2D eigenvalue weighted by molar-refractivity contribution is 0.0963. The van der Waals surface area contributed by atoms with Crippen LogP contribution < -0.4 is 16.0 Å². The zero-order chi connectivity index (χ0) is 19.1. The fourth-order valence-electron chi connectivity index (χ4n) is 3.23. The average molecular weight is 364 g/mol. The molecule has 1 aliphatic carbocycles. The van der Waals surface area contributed by atoms with Crippen LogP contribution in [0.15, 0.2) is 59.6 Å². The van der Waals surface area contributed by atoms with Gasteiger partial charge in [0.2, 0.25) is 0 Å². The fourth-order valence-corrected chi connectivity index (χ4v) is 3.23. The topological polar surface area (TPSA) is 65.5 Å². The van der Waals surface area contributed by atoms with Gasteiger partial charge in [-0.05, 0) is 43.0 Å². The minimum atomic E-state index is -0.0793. The predicted octanol–water partition coefficient (Wildman–Crippen LogP) is 2.83. The van der Waals surface area contributed by atoms with E-state index < -0.39 is 0 Å². The SMILES string of the molecule is CCNC(=NCc1cccc(C(=O)NC)c1)NCC1(c2ccccc2)CC1. The van der Waals surface area contributed by atoms with Crippen molar-refractivity contribution in [2.45, 2.75) is 31.7 Å². The average Bonchev–Trinajstić information content (AvgIpc) is 3.51. The molecule has 3 rings (SSSR count). The molecule has 142 valence electrons. The van der Waals surface area contributed by atoms with Gasteiger partial charge < -0.3 is 16.0 Å². The highest BCUT2D eigenvalue weighted by molar-refractivity contribution is 5.94. The van der Waals surface area contributed by atoms with E-state index >= 15 is 0 Å². The number of hydrogen-bond acceptors (Lipinski definition) is 2. The Morgan fingerprint density at radius 1 is 1.07 bits per heavy atom. The second kappa shape index (κ2) is 8.71. The van der Waals surface area contributed by atoms with E-state index in [-0.39, 0.29) is 11.3 Å². The molecule has 0 saturated heterocycles. The number of carbonyl (C=O) groups is 1. The lowest BCUT2D eigenvalue weighted by Crippen LogP contribution is -2.41. The molecule has 27 heavy (non-hydrogen) atoms. The second-order valence-corrected chi connectivity index (χ2v) is 6.97. The molecule has 0 spiro atoms. The summed E-state index contributed by atoms with van der Waals surface area (Å²) in [6, 6.07) is 18.3. The quantitative estimate of drug-likeness (QED) is 0.523. The maximum absolute atomic E-state index is 11.8. The Kier molecular flexibility index (Phi) is 6.12. The van der Waals surface area contributed by atoms with Gasteiger partial charge in [0.15, 0.2) is 5.96 Å². The van der Waals surface area contributed by atoms with Crippen LogP contribution in [0.25, 0.3) is 0 Å². The number of benzene rings is 2. The zero-order valence-corrected chi connectivity index (χ0v) is 16.1. The first-order chi connectivity index (χ1) is 13.2. The van der Waals surface area contributed by atoms with Crippen molar-refractivity contribution in [2.75, 3.05) is 20.1 Å². The third kappa shape index (κ3) is 4.88. The summed E-state index contributed by atoms with van der Waals surface area (Å²) in [5.74, 6) is 0.731. The second-order valence-electron chi connectivity index (χ2n) is 6.97. The highest BCUT2D eigenvalue weighted by Gasteiger charge is 2.43. The Morgan fingerprint density at radius 2 is 1.85 bits per heavy atom. The maximum Gasteiger partial charge on any atom is 0.251 e. The van der Waals surface area contributed by atoms with Crippen LogP contribution in [0.4, 0.5) is 0 Å². The van der Waals surface area contributed by atoms with Crippen LogP contribution in [0.5, 0.6) is 0 Å². The monoisotopic (exact) mass is 364 g/mol. The van der Waals surface area contributed by atoms with Crippen molar-refractivity contribution in [3.05, 3.63) is 71.3 Å². The molecule has 1 aliphatic rings. The van der Waals surface area contributed by atoms with Gasteiger partial charge in [0.1, 0.15) is 0 Å². The Bertz CT molecular complexity index is 797. The summed E-state index contributed by atoms with van der Waals surface area (Å²) in [5.41, 5.74) is 3.30. The number of carbonyl (C=O) groups excluding carboxylic acids is 1. The van der Waals surface area contributed by atoms with E-state index in [0.29, 0.717) is 12.1 Å². The normalized spacial score (nSPS) is 15.1. The summed E-state index contributed by atoms with van der Waals surface area (Å²) >= 11 is 0. The molecule has 0 unspecified atom stereocenters. The molecule has 2 aromatic carbocycles. The van der Waals surface area contributed by atoms with E-state index in [1.54, 1.807) is 7.05 Å². The molecule has 0 aliphatic heterocycles. The molecule has 1 saturated carbocycles. The molecule has 0 radical (unpaired) electrons. The van der Waals surface area contributed by atoms with Gasteiger partial charge in [-0.3, -0.25) is 4.79 Å². The molecule has 1 fully saturated rings. The van der Waals surface area contributed by atoms with Crippen molar-refractivity contribution in [3.8, 4) is 0 Å². The van der Waals surface area contributed by atoms with E-state index in [1.165, 1.54) is 18.4 Å². The van der Waals surface area contributed by atoms with Gasteiger partial charge in [-0.25, -0.2) is 4.99 Å². The van der Waals surface area contributed by atoms with Gasteiger partial charge in [0.25, 0.3) is 5.91 Å². The number of nitrogens with one attached hydrogen (secondary N) is 3. The van der Waals surface area contributed by atoms with Crippen molar-refractivity contribution in [3.63, 3.8) is 0 Å². The summed E-state index contributed by atoms with van der Waals surface area (Å²) in [6.45, 7) is 4.27. The van der Waals surface area contributed by atoms with E-state index in [4.69, 9.17) is 4.99 Å². The Hall–Kier alpha value is -2.82. The first kappa shape index (κ1) is 19.0. The van der Waals surface area contributed by atoms with Crippen LogP contribution >= 0.6 is 0 Å². The van der Waals surface area contributed by atoms with Gasteiger partial charge in [0, 0.05) is 31.1 Å². The van der Waals surface area contributed by atoms with E-state index in [9.17, 15) is 4.79 Å². The van der Waals surface area contributed by atoms with Crippen LogP contribution in [0.2, 0.25) is 0 Å². The number of amides is 1. The Morgan fingerprint density at radius 3 is 2.52 bits per heavy atom. The Labute approximate surface area is 161 Å². The van der Waals surface area contributed by atoms with Crippen LogP contribution in [-0.2, 0) is 12.0 Å². The first-order valence-electron chi connectivity index (χ1n) is 9.55. The van der Waals surface area contributed by atoms with Crippen molar-refractivity contribution in [1.82, 2.24) is 16.0 Å². The number of rotatable bonds is 7. The molecule has 0 heterocycles. The smallest absolute Gasteiger partial charge is 0.251 e. The standard InChI is InChI=1S/C22H28N4O/c1-3-24-21(25-15-17-8-7-9-18(14-17)20(27)23-2)26-16-22(12-13-22)19-10-5-4-6-11-19/h4-11,14H,3,12-13,15-16H2,1-2H3,(H,23,27)(H2,24,25,26). The first-order valence-corrected chi connectivity index (χ1v) is 9.55. The molecule has 2 aromatic rings. The van der Waals surface area contributed by atoms with E-state index in [1.807, 2.05) is 24.3 Å². The lowest BCUT2D eigenvalue weighted by Gasteiger charge is -2.19. The number of aliphatic imine (C=N–C) groups is 1. The largest absolute Gasteiger partial charge is 0.357 e. The van der Waals surface area contributed by atoms with Gasteiger partial charge in [0.05, 0.1) is 6.54 Å². The zero-order valence-electron chi connectivity index (χ0n) is 16.1. The van der Waals surface area contributed by atoms with Crippen molar-refractivity contribution < 1.29 is 4.79 Å². The minimum Gasteiger partial charge on any atom is -0.357 e.